The normalized spacial score (nSPS) is 16.6. The Morgan fingerprint density at radius 3 is 2.89 bits per heavy atom. The van der Waals surface area contributed by atoms with Gasteiger partial charge < -0.3 is 16.5 Å². The molecule has 0 atom stereocenters. The van der Waals surface area contributed by atoms with Gasteiger partial charge in [0.25, 0.3) is 0 Å². The number of nitrogens with zero attached hydrogens (tertiary/aromatic N) is 2. The molecule has 6 heteroatoms. The quantitative estimate of drug-likeness (QED) is 0.412. The Hall–Kier alpha value is -2.37. The molecule has 1 heterocycles. The fourth-order valence-electron chi connectivity index (χ4n) is 2.51. The zero-order valence-corrected chi connectivity index (χ0v) is 10.3. The number of H-pyrrole nitrogens is 1. The minimum absolute atomic E-state index is 0.0781. The Balaban J connectivity index is 2.22. The smallest absolute Gasteiger partial charge is 0.211 e. The van der Waals surface area contributed by atoms with Crippen molar-refractivity contribution in [2.75, 3.05) is 0 Å². The maximum Gasteiger partial charge on any atom is 0.211 e. The summed E-state index contributed by atoms with van der Waals surface area (Å²) in [7, 11) is 0. The van der Waals surface area contributed by atoms with Crippen LogP contribution in [0, 0.1) is 5.82 Å². The van der Waals surface area contributed by atoms with Crippen LogP contribution < -0.4 is 11.5 Å². The number of rotatable bonds is 1. The average Bonchev–Trinajstić information content (AvgIpc) is 2.74. The number of benzene rings is 1. The van der Waals surface area contributed by atoms with E-state index in [2.05, 4.69) is 15.2 Å². The van der Waals surface area contributed by atoms with E-state index in [1.165, 1.54) is 12.1 Å². The zero-order valence-electron chi connectivity index (χ0n) is 10.3. The molecule has 0 saturated carbocycles. The van der Waals surface area contributed by atoms with Crippen molar-refractivity contribution in [2.45, 2.75) is 19.3 Å². The second kappa shape index (κ2) is 4.38. The standard InChI is InChI=1S/C13H14FN5/c14-7-4-5-9-8(6-7)12-10(17-9)2-1-3-11(12)18-19-13(15)16/h4-6,17H,1-3H2,(H4,15,16,19)/b18-11+. The Morgan fingerprint density at radius 1 is 1.26 bits per heavy atom. The van der Waals surface area contributed by atoms with Gasteiger partial charge in [-0.05, 0) is 37.5 Å². The first-order chi connectivity index (χ1) is 9.15. The highest BCUT2D eigenvalue weighted by Crippen LogP contribution is 2.30. The molecule has 5 nitrogen and oxygen atoms in total. The molecule has 98 valence electrons. The lowest BCUT2D eigenvalue weighted by molar-refractivity contribution is 0.629. The molecule has 0 unspecified atom stereocenters. The van der Waals surface area contributed by atoms with E-state index in [-0.39, 0.29) is 11.8 Å². The summed E-state index contributed by atoms with van der Waals surface area (Å²) < 4.78 is 13.4. The van der Waals surface area contributed by atoms with E-state index in [0.717, 1.165) is 47.1 Å². The van der Waals surface area contributed by atoms with E-state index in [4.69, 9.17) is 11.5 Å². The van der Waals surface area contributed by atoms with Crippen molar-refractivity contribution < 1.29 is 4.39 Å². The third kappa shape index (κ3) is 2.05. The number of hydrogen-bond donors (Lipinski definition) is 3. The summed E-state index contributed by atoms with van der Waals surface area (Å²) in [5, 5.41) is 8.63. The SMILES string of the molecule is NC(N)=N/N=C1\CCCc2[nH]c3ccc(F)cc3c21. The van der Waals surface area contributed by atoms with Crippen molar-refractivity contribution in [3.8, 4) is 0 Å². The molecule has 19 heavy (non-hydrogen) atoms. The number of nitrogens with one attached hydrogen (secondary N) is 1. The highest BCUT2D eigenvalue weighted by molar-refractivity contribution is 6.12. The molecule has 0 spiro atoms. The van der Waals surface area contributed by atoms with Crippen molar-refractivity contribution in [1.29, 1.82) is 0 Å². The van der Waals surface area contributed by atoms with E-state index in [1.54, 1.807) is 6.07 Å². The summed E-state index contributed by atoms with van der Waals surface area (Å²) in [6.45, 7) is 0. The van der Waals surface area contributed by atoms with Crippen LogP contribution in [0.4, 0.5) is 4.39 Å². The lowest BCUT2D eigenvalue weighted by atomic mass is 9.93. The largest absolute Gasteiger partial charge is 0.369 e. The monoisotopic (exact) mass is 259 g/mol. The van der Waals surface area contributed by atoms with Crippen LogP contribution in [-0.2, 0) is 6.42 Å². The molecule has 2 aromatic rings. The van der Waals surface area contributed by atoms with Crippen LogP contribution in [0.2, 0.25) is 0 Å². The van der Waals surface area contributed by atoms with Gasteiger partial charge in [0.05, 0.1) is 5.71 Å². The number of fused-ring (bicyclic) bond motifs is 3. The molecule has 5 N–H and O–H groups in total. The highest BCUT2D eigenvalue weighted by atomic mass is 19.1. The molecule has 1 aromatic carbocycles. The van der Waals surface area contributed by atoms with E-state index < -0.39 is 0 Å². The van der Waals surface area contributed by atoms with E-state index in [9.17, 15) is 4.39 Å². The minimum Gasteiger partial charge on any atom is -0.369 e. The third-order valence-corrected chi connectivity index (χ3v) is 3.25. The average molecular weight is 259 g/mol. The van der Waals surface area contributed by atoms with Gasteiger partial charge in [0.2, 0.25) is 5.96 Å². The first kappa shape index (κ1) is 11.7. The van der Waals surface area contributed by atoms with Crippen molar-refractivity contribution in [1.82, 2.24) is 4.98 Å². The lowest BCUT2D eigenvalue weighted by Gasteiger charge is -2.13. The van der Waals surface area contributed by atoms with Crippen LogP contribution in [0.1, 0.15) is 24.1 Å². The number of hydrogen-bond acceptors (Lipinski definition) is 2. The van der Waals surface area contributed by atoms with Crippen LogP contribution in [0.5, 0.6) is 0 Å². The van der Waals surface area contributed by atoms with Crippen LogP contribution >= 0.6 is 0 Å². The molecule has 3 rings (SSSR count). The second-order valence-corrected chi connectivity index (χ2v) is 4.59. The first-order valence-electron chi connectivity index (χ1n) is 6.11. The number of aromatic amines is 1. The van der Waals surface area contributed by atoms with Crippen LogP contribution in [0.25, 0.3) is 10.9 Å². The van der Waals surface area contributed by atoms with Crippen molar-refractivity contribution in [3.05, 3.63) is 35.3 Å². The van der Waals surface area contributed by atoms with Gasteiger partial charge in [0.15, 0.2) is 0 Å². The Morgan fingerprint density at radius 2 is 2.11 bits per heavy atom. The highest BCUT2D eigenvalue weighted by Gasteiger charge is 2.21. The molecule has 1 aromatic heterocycles. The number of aryl methyl sites for hydroxylation is 1. The fraction of sp³-hybridized carbons (Fsp3) is 0.231. The third-order valence-electron chi connectivity index (χ3n) is 3.25. The van der Waals surface area contributed by atoms with E-state index in [0.29, 0.717) is 0 Å². The van der Waals surface area contributed by atoms with Crippen LogP contribution in [0.3, 0.4) is 0 Å². The van der Waals surface area contributed by atoms with Gasteiger partial charge in [-0.25, -0.2) is 4.39 Å². The predicted octanol–water partition coefficient (Wildman–Crippen LogP) is 1.62. The summed E-state index contributed by atoms with van der Waals surface area (Å²) >= 11 is 0. The van der Waals surface area contributed by atoms with Gasteiger partial charge in [0, 0.05) is 22.2 Å². The summed E-state index contributed by atoms with van der Waals surface area (Å²) in [6, 6.07) is 4.69. The van der Waals surface area contributed by atoms with Crippen molar-refractivity contribution >= 4 is 22.6 Å². The molecule has 1 aliphatic rings. The minimum atomic E-state index is -0.263. The maximum absolute atomic E-state index is 13.4. The molecule has 0 radical (unpaired) electrons. The predicted molar refractivity (Wildman–Crippen MR) is 73.5 cm³/mol. The molecule has 0 fully saturated rings. The van der Waals surface area contributed by atoms with E-state index >= 15 is 0 Å². The van der Waals surface area contributed by atoms with Gasteiger partial charge >= 0.3 is 0 Å². The summed E-state index contributed by atoms with van der Waals surface area (Å²) in [5.74, 6) is -0.341. The van der Waals surface area contributed by atoms with Crippen LogP contribution in [-0.4, -0.2) is 16.7 Å². The Labute approximate surface area is 109 Å². The number of halogens is 1. The van der Waals surface area contributed by atoms with Gasteiger partial charge in [0.1, 0.15) is 5.82 Å². The van der Waals surface area contributed by atoms with E-state index in [1.807, 2.05) is 0 Å². The number of nitrogens with two attached hydrogens (primary N) is 2. The number of guanidine groups is 1. The maximum atomic E-state index is 13.4. The molecule has 1 aliphatic carbocycles. The van der Waals surface area contributed by atoms with Gasteiger partial charge in [-0.2, -0.15) is 5.10 Å². The van der Waals surface area contributed by atoms with Gasteiger partial charge in [-0.3, -0.25) is 0 Å². The molecule has 0 saturated heterocycles. The van der Waals surface area contributed by atoms with Gasteiger partial charge in [-0.15, -0.1) is 5.10 Å². The molecule has 0 aliphatic heterocycles. The van der Waals surface area contributed by atoms with Crippen molar-refractivity contribution in [2.24, 2.45) is 21.7 Å². The zero-order chi connectivity index (χ0) is 13.4. The fourth-order valence-corrected chi connectivity index (χ4v) is 2.51. The Bertz CT molecular complexity index is 694. The second-order valence-electron chi connectivity index (χ2n) is 4.59. The summed E-state index contributed by atoms with van der Waals surface area (Å²) in [6.07, 6.45) is 2.68. The van der Waals surface area contributed by atoms with Crippen molar-refractivity contribution in [3.63, 3.8) is 0 Å². The summed E-state index contributed by atoms with van der Waals surface area (Å²) in [4.78, 5) is 3.30. The molecule has 0 bridgehead atoms. The molecular weight excluding hydrogens is 245 g/mol. The number of aromatic nitrogens is 1. The topological polar surface area (TPSA) is 92.6 Å². The summed E-state index contributed by atoms with van der Waals surface area (Å²) in [5.41, 5.74) is 14.3. The molecular formula is C13H14FN5. The Kier molecular flexibility index (Phi) is 2.70. The lowest BCUT2D eigenvalue weighted by Crippen LogP contribution is -2.22. The molecule has 0 amide bonds. The van der Waals surface area contributed by atoms with Gasteiger partial charge in [-0.1, -0.05) is 0 Å². The van der Waals surface area contributed by atoms with Crippen LogP contribution in [0.15, 0.2) is 28.4 Å². The first-order valence-corrected chi connectivity index (χ1v) is 6.11.